The predicted molar refractivity (Wildman–Crippen MR) is 162 cm³/mol. The maximum atomic E-state index is 2.64. The van der Waals surface area contributed by atoms with Crippen molar-refractivity contribution < 1.29 is 4.57 Å². The molecule has 3 aromatic carbocycles. The highest BCUT2D eigenvalue weighted by Crippen LogP contribution is 2.49. The number of hydrogen-bond acceptors (Lipinski definition) is 2. The number of aromatic nitrogens is 1. The van der Waals surface area contributed by atoms with Gasteiger partial charge in [0.05, 0.1) is 11.9 Å². The molecule has 1 aromatic heterocycles. The number of rotatable bonds is 4. The zero-order valence-corrected chi connectivity index (χ0v) is 23.9. The van der Waals surface area contributed by atoms with Crippen LogP contribution in [-0.2, 0) is 12.0 Å². The molecule has 0 atom stereocenters. The Kier molecular flexibility index (Phi) is 5.90. The highest BCUT2D eigenvalue weighted by Gasteiger charge is 2.55. The molecule has 4 aromatic rings. The van der Waals surface area contributed by atoms with Crippen molar-refractivity contribution in [1.82, 2.24) is 0 Å². The zero-order valence-electron chi connectivity index (χ0n) is 23.9. The number of nitrogens with zero attached hydrogens (tertiary/aromatic N) is 3. The Labute approximate surface area is 228 Å². The van der Waals surface area contributed by atoms with Crippen LogP contribution in [0.2, 0.25) is 0 Å². The molecule has 2 aliphatic rings. The van der Waals surface area contributed by atoms with Crippen LogP contribution in [0, 0.1) is 0 Å². The van der Waals surface area contributed by atoms with Gasteiger partial charge in [-0.25, -0.2) is 4.57 Å². The van der Waals surface area contributed by atoms with Crippen LogP contribution >= 0.6 is 0 Å². The van der Waals surface area contributed by atoms with E-state index in [1.54, 1.807) is 0 Å². The minimum absolute atomic E-state index is 0.0197. The zero-order chi connectivity index (χ0) is 26.8. The topological polar surface area (TPSA) is 10.4 Å². The number of benzene rings is 3. The van der Waals surface area contributed by atoms with Crippen LogP contribution in [0.4, 0.5) is 22.9 Å². The van der Waals surface area contributed by atoms with Crippen LogP contribution in [0.5, 0.6) is 0 Å². The monoisotopic (exact) mass is 500 g/mol. The first-order chi connectivity index (χ1) is 18.2. The second kappa shape index (κ2) is 9.04. The number of pyridine rings is 1. The van der Waals surface area contributed by atoms with E-state index in [1.165, 1.54) is 50.6 Å². The summed E-state index contributed by atoms with van der Waals surface area (Å²) in [5.74, 6) is 2.11. The Balaban J connectivity index is 1.71. The van der Waals surface area contributed by atoms with E-state index in [-0.39, 0.29) is 12.4 Å². The average Bonchev–Trinajstić information content (AvgIpc) is 3.24. The minimum atomic E-state index is 0.0197. The van der Waals surface area contributed by atoms with Gasteiger partial charge in [0.2, 0.25) is 0 Å². The first kappa shape index (κ1) is 24.8. The molecule has 0 fully saturated rings. The number of hydrogen-bond donors (Lipinski definition) is 0. The van der Waals surface area contributed by atoms with Gasteiger partial charge in [0.25, 0.3) is 5.82 Å². The lowest BCUT2D eigenvalue weighted by Crippen LogP contribution is -2.59. The Bertz CT molecular complexity index is 1470. The Hall–Kier alpha value is -3.53. The normalized spacial score (nSPS) is 14.4. The lowest BCUT2D eigenvalue weighted by atomic mass is 9.58. The summed E-state index contributed by atoms with van der Waals surface area (Å²) in [5, 5.41) is 0. The molecule has 38 heavy (non-hydrogen) atoms. The first-order valence-corrected chi connectivity index (χ1v) is 14.1. The van der Waals surface area contributed by atoms with Crippen LogP contribution in [0.25, 0.3) is 0 Å². The van der Waals surface area contributed by atoms with E-state index in [0.717, 1.165) is 6.54 Å². The van der Waals surface area contributed by atoms with Gasteiger partial charge in [0.1, 0.15) is 12.2 Å². The van der Waals surface area contributed by atoms with E-state index < -0.39 is 0 Å². The molecular weight excluding hydrogens is 461 g/mol. The average molecular weight is 501 g/mol. The highest BCUT2D eigenvalue weighted by atomic mass is 15.4. The molecule has 0 saturated carbocycles. The molecule has 6 rings (SSSR count). The molecular formula is C34H39BN3+. The van der Waals surface area contributed by atoms with E-state index in [2.05, 4.69) is 148 Å². The van der Waals surface area contributed by atoms with Crippen molar-refractivity contribution in [3.63, 3.8) is 0 Å². The molecule has 0 unspecified atom stereocenters. The number of fused-ring (bicyclic) bond motifs is 2. The maximum Gasteiger partial charge on any atom is 0.543 e. The van der Waals surface area contributed by atoms with E-state index in [0.29, 0.717) is 11.8 Å². The summed E-state index contributed by atoms with van der Waals surface area (Å²) in [6.45, 7) is 17.2. The second-order valence-electron chi connectivity index (χ2n) is 12.5. The Morgan fingerprint density at radius 1 is 0.763 bits per heavy atom. The lowest BCUT2D eigenvalue weighted by Gasteiger charge is -2.31. The number of para-hydroxylation sites is 2. The van der Waals surface area contributed by atoms with Gasteiger partial charge < -0.3 is 4.81 Å². The van der Waals surface area contributed by atoms with E-state index in [1.807, 2.05) is 0 Å². The number of anilines is 4. The first-order valence-electron chi connectivity index (χ1n) is 14.1. The van der Waals surface area contributed by atoms with Crippen molar-refractivity contribution in [2.75, 3.05) is 9.62 Å². The Morgan fingerprint density at radius 3 is 2.05 bits per heavy atom. The van der Waals surface area contributed by atoms with Crippen molar-refractivity contribution in [3.8, 4) is 0 Å². The van der Waals surface area contributed by atoms with Crippen molar-refractivity contribution in [2.45, 2.75) is 72.3 Å². The molecule has 0 spiro atoms. The smallest absolute Gasteiger partial charge is 0.336 e. The quantitative estimate of drug-likeness (QED) is 0.211. The van der Waals surface area contributed by atoms with Crippen molar-refractivity contribution in [3.05, 3.63) is 107 Å². The van der Waals surface area contributed by atoms with Gasteiger partial charge in [-0.15, -0.1) is 0 Å². The lowest BCUT2D eigenvalue weighted by molar-refractivity contribution is -0.676. The summed E-state index contributed by atoms with van der Waals surface area (Å²) in [7, 11) is 0. The summed E-state index contributed by atoms with van der Waals surface area (Å²) in [4.78, 5) is 5.23. The molecule has 192 valence electrons. The van der Waals surface area contributed by atoms with Gasteiger partial charge in [-0.3, -0.25) is 4.81 Å². The van der Waals surface area contributed by atoms with Gasteiger partial charge in [-0.2, -0.15) is 0 Å². The van der Waals surface area contributed by atoms with Gasteiger partial charge >= 0.3 is 6.98 Å². The fourth-order valence-electron chi connectivity index (χ4n) is 6.33. The van der Waals surface area contributed by atoms with Crippen LogP contribution < -0.4 is 19.7 Å². The van der Waals surface area contributed by atoms with Gasteiger partial charge in [0, 0.05) is 22.8 Å². The highest BCUT2D eigenvalue weighted by molar-refractivity contribution is 6.85. The SMILES string of the molecule is CC(C)c1cccc(C(C)C)c1B1N(c2ccccc2)c2cccc3c2N1c1cc(C(C)(C)C)cc[n+]1C3. The summed E-state index contributed by atoms with van der Waals surface area (Å²) < 4.78 is 2.44. The Morgan fingerprint density at radius 2 is 1.42 bits per heavy atom. The van der Waals surface area contributed by atoms with Crippen molar-refractivity contribution >= 4 is 35.3 Å². The van der Waals surface area contributed by atoms with Crippen molar-refractivity contribution in [2.24, 2.45) is 0 Å². The van der Waals surface area contributed by atoms with Gasteiger partial charge in [-0.05, 0) is 58.2 Å². The third-order valence-electron chi connectivity index (χ3n) is 8.26. The summed E-state index contributed by atoms with van der Waals surface area (Å²) in [6.07, 6.45) is 2.30. The molecule has 0 bridgehead atoms. The second-order valence-corrected chi connectivity index (χ2v) is 12.5. The van der Waals surface area contributed by atoms with E-state index in [4.69, 9.17) is 0 Å². The van der Waals surface area contributed by atoms with Crippen LogP contribution in [0.3, 0.4) is 0 Å². The van der Waals surface area contributed by atoms with Gasteiger partial charge in [-0.1, -0.05) is 97.0 Å². The summed E-state index contributed by atoms with van der Waals surface area (Å²) in [6, 6.07) is 29.5. The minimum Gasteiger partial charge on any atom is -0.336 e. The third-order valence-corrected chi connectivity index (χ3v) is 8.26. The molecule has 0 radical (unpaired) electrons. The fraction of sp³-hybridized carbons (Fsp3) is 0.324. The van der Waals surface area contributed by atoms with E-state index in [9.17, 15) is 0 Å². The van der Waals surface area contributed by atoms with Crippen LogP contribution in [0.1, 0.15) is 82.6 Å². The predicted octanol–water partition coefficient (Wildman–Crippen LogP) is 7.57. The molecule has 4 heteroatoms. The maximum absolute atomic E-state index is 2.64. The molecule has 0 aliphatic carbocycles. The standard InChI is InChI=1S/C34H39BN3/c1-23(2)28-16-12-17-29(24(3)4)32(28)35-37(27-14-9-8-10-15-27)30-18-11-13-25-22-36-20-19-26(34(5,6)7)21-31(36)38(35)33(25)30/h8-21,23-24H,22H2,1-7H3/q+1. The molecule has 3 nitrogen and oxygen atoms in total. The molecule has 2 aliphatic heterocycles. The van der Waals surface area contributed by atoms with Gasteiger partial charge in [0.15, 0.2) is 0 Å². The summed E-state index contributed by atoms with van der Waals surface area (Å²) in [5.41, 5.74) is 11.0. The van der Waals surface area contributed by atoms with Crippen LogP contribution in [0.15, 0.2) is 85.1 Å². The molecule has 0 N–H and O–H groups in total. The van der Waals surface area contributed by atoms with Crippen LogP contribution in [-0.4, -0.2) is 6.98 Å². The fourth-order valence-corrected chi connectivity index (χ4v) is 6.33. The summed E-state index contributed by atoms with van der Waals surface area (Å²) >= 11 is 0. The van der Waals surface area contributed by atoms with E-state index >= 15 is 0 Å². The largest absolute Gasteiger partial charge is 0.543 e. The third kappa shape index (κ3) is 3.84. The molecule has 0 amide bonds. The molecule has 3 heterocycles. The molecule has 0 saturated heterocycles. The van der Waals surface area contributed by atoms with Crippen molar-refractivity contribution in [1.29, 1.82) is 0 Å².